The lowest BCUT2D eigenvalue weighted by Crippen LogP contribution is -2.40. The van der Waals surface area contributed by atoms with Crippen LogP contribution >= 0.6 is 11.6 Å². The summed E-state index contributed by atoms with van der Waals surface area (Å²) >= 11 is 6.01. The normalized spacial score (nSPS) is 15.1. The number of halogens is 1. The van der Waals surface area contributed by atoms with Crippen LogP contribution in [-0.4, -0.2) is 51.5 Å². The minimum Gasteiger partial charge on any atom is -0.482 e. The van der Waals surface area contributed by atoms with E-state index in [0.29, 0.717) is 19.8 Å². The molecule has 1 heterocycles. The number of morpholine rings is 1. The molecular weight excluding hydrogens is 416 g/mol. The Kier molecular flexibility index (Phi) is 7.13. The molecule has 0 atom stereocenters. The predicted octanol–water partition coefficient (Wildman–Crippen LogP) is 2.36. The van der Waals surface area contributed by atoms with Crippen LogP contribution in [0.25, 0.3) is 0 Å². The molecule has 0 spiro atoms. The third-order valence-corrected chi connectivity index (χ3v) is 6.62. The van der Waals surface area contributed by atoms with E-state index in [2.05, 4.69) is 5.32 Å². The number of ether oxygens (including phenoxy) is 2. The summed E-state index contributed by atoms with van der Waals surface area (Å²) in [6.07, 6.45) is 0. The Hall–Kier alpha value is -2.13. The fraction of sp³-hybridized carbons (Fsp3) is 0.350. The highest BCUT2D eigenvalue weighted by Gasteiger charge is 2.29. The number of nitrogens with zero attached hydrogens (tertiary/aromatic N) is 1. The highest BCUT2D eigenvalue weighted by molar-refractivity contribution is 7.89. The van der Waals surface area contributed by atoms with Crippen molar-refractivity contribution < 1.29 is 22.7 Å². The summed E-state index contributed by atoms with van der Waals surface area (Å²) in [6.45, 7) is 3.22. The van der Waals surface area contributed by atoms with Gasteiger partial charge in [-0.1, -0.05) is 41.4 Å². The van der Waals surface area contributed by atoms with E-state index < -0.39 is 10.0 Å². The minimum atomic E-state index is -3.81. The van der Waals surface area contributed by atoms with Crippen molar-refractivity contribution in [3.63, 3.8) is 0 Å². The first-order chi connectivity index (χ1) is 13.9. The molecule has 29 heavy (non-hydrogen) atoms. The number of carbonyl (C=O) groups is 1. The van der Waals surface area contributed by atoms with Gasteiger partial charge in [-0.3, -0.25) is 4.79 Å². The van der Waals surface area contributed by atoms with E-state index in [1.54, 1.807) is 0 Å². The average Bonchev–Trinajstić information content (AvgIpc) is 2.73. The number of hydrogen-bond donors (Lipinski definition) is 1. The fourth-order valence-corrected chi connectivity index (χ4v) is 4.63. The molecule has 0 unspecified atom stereocenters. The van der Waals surface area contributed by atoms with Gasteiger partial charge >= 0.3 is 0 Å². The van der Waals surface area contributed by atoms with Gasteiger partial charge in [0, 0.05) is 24.7 Å². The molecule has 0 aliphatic carbocycles. The summed E-state index contributed by atoms with van der Waals surface area (Å²) in [5.41, 5.74) is 2.10. The number of benzene rings is 2. The van der Waals surface area contributed by atoms with Gasteiger partial charge in [-0.15, -0.1) is 0 Å². The average molecular weight is 439 g/mol. The standard InChI is InChI=1S/C20H23ClN2O5S/c1-15-2-4-16(5-3-15)13-22-20(24)14-28-18-7-6-17(21)12-19(18)29(25,26)23-8-10-27-11-9-23/h2-7,12H,8-11,13-14H2,1H3,(H,22,24). The Balaban J connectivity index is 1.66. The van der Waals surface area contributed by atoms with E-state index in [1.165, 1.54) is 22.5 Å². The van der Waals surface area contributed by atoms with Gasteiger partial charge in [0.25, 0.3) is 5.91 Å². The summed E-state index contributed by atoms with van der Waals surface area (Å²) in [6, 6.07) is 12.1. The van der Waals surface area contributed by atoms with Crippen LogP contribution in [0.4, 0.5) is 0 Å². The van der Waals surface area contributed by atoms with Gasteiger partial charge in [0.05, 0.1) is 13.2 Å². The van der Waals surface area contributed by atoms with E-state index in [-0.39, 0.29) is 41.3 Å². The van der Waals surface area contributed by atoms with E-state index >= 15 is 0 Å². The SMILES string of the molecule is Cc1ccc(CNC(=O)COc2ccc(Cl)cc2S(=O)(=O)N2CCOCC2)cc1. The van der Waals surface area contributed by atoms with E-state index in [9.17, 15) is 13.2 Å². The molecule has 1 amide bonds. The summed E-state index contributed by atoms with van der Waals surface area (Å²) in [5.74, 6) is -0.262. The topological polar surface area (TPSA) is 84.9 Å². The molecule has 7 nitrogen and oxygen atoms in total. The number of rotatable bonds is 7. The van der Waals surface area contributed by atoms with Crippen molar-refractivity contribution in [2.45, 2.75) is 18.4 Å². The lowest BCUT2D eigenvalue weighted by Gasteiger charge is -2.26. The molecule has 156 valence electrons. The van der Waals surface area contributed by atoms with Crippen molar-refractivity contribution in [1.29, 1.82) is 0 Å². The zero-order valence-corrected chi connectivity index (χ0v) is 17.6. The van der Waals surface area contributed by atoms with E-state index in [4.69, 9.17) is 21.1 Å². The second-order valence-electron chi connectivity index (χ2n) is 6.66. The third-order valence-electron chi connectivity index (χ3n) is 4.46. The maximum absolute atomic E-state index is 13.0. The molecule has 1 aliphatic rings. The fourth-order valence-electron chi connectivity index (χ4n) is 2.83. The second-order valence-corrected chi connectivity index (χ2v) is 9.00. The van der Waals surface area contributed by atoms with Crippen molar-refractivity contribution in [3.8, 4) is 5.75 Å². The third kappa shape index (κ3) is 5.70. The van der Waals surface area contributed by atoms with Gasteiger partial charge < -0.3 is 14.8 Å². The zero-order valence-electron chi connectivity index (χ0n) is 16.1. The number of nitrogens with one attached hydrogen (secondary N) is 1. The van der Waals surface area contributed by atoms with Crippen LogP contribution in [0, 0.1) is 6.92 Å². The minimum absolute atomic E-state index is 0.0572. The van der Waals surface area contributed by atoms with Crippen molar-refractivity contribution in [2.75, 3.05) is 32.9 Å². The molecule has 0 bridgehead atoms. The van der Waals surface area contributed by atoms with E-state index in [0.717, 1.165) is 11.1 Å². The quantitative estimate of drug-likeness (QED) is 0.717. The predicted molar refractivity (Wildman–Crippen MR) is 110 cm³/mol. The van der Waals surface area contributed by atoms with Crippen LogP contribution in [0.5, 0.6) is 5.75 Å². The number of sulfonamides is 1. The first-order valence-electron chi connectivity index (χ1n) is 9.19. The molecule has 1 aliphatic heterocycles. The van der Waals surface area contributed by atoms with Gasteiger partial charge in [-0.2, -0.15) is 4.31 Å². The van der Waals surface area contributed by atoms with Crippen LogP contribution in [0.15, 0.2) is 47.4 Å². The van der Waals surface area contributed by atoms with Gasteiger partial charge in [0.1, 0.15) is 10.6 Å². The van der Waals surface area contributed by atoms with Crippen LogP contribution in [0.2, 0.25) is 5.02 Å². The first kappa shape index (κ1) is 21.6. The van der Waals surface area contributed by atoms with E-state index in [1.807, 2.05) is 31.2 Å². The molecular formula is C20H23ClN2O5S. The summed E-state index contributed by atoms with van der Waals surface area (Å²) < 4.78 is 38.0. The number of carbonyl (C=O) groups excluding carboxylic acids is 1. The monoisotopic (exact) mass is 438 g/mol. The summed E-state index contributed by atoms with van der Waals surface area (Å²) in [5, 5.41) is 3.03. The Bertz CT molecular complexity index is 957. The molecule has 2 aromatic rings. The summed E-state index contributed by atoms with van der Waals surface area (Å²) in [4.78, 5) is 12.1. The van der Waals surface area contributed by atoms with Crippen molar-refractivity contribution in [2.24, 2.45) is 0 Å². The molecule has 0 radical (unpaired) electrons. The van der Waals surface area contributed by atoms with Crippen molar-refractivity contribution in [1.82, 2.24) is 9.62 Å². The highest BCUT2D eigenvalue weighted by atomic mass is 35.5. The Morgan fingerprint density at radius 3 is 2.55 bits per heavy atom. The molecule has 1 fully saturated rings. The highest BCUT2D eigenvalue weighted by Crippen LogP contribution is 2.30. The molecule has 0 aromatic heterocycles. The second kappa shape index (κ2) is 9.58. The van der Waals surface area contributed by atoms with Crippen LogP contribution in [0.3, 0.4) is 0 Å². The van der Waals surface area contributed by atoms with Crippen molar-refractivity contribution in [3.05, 3.63) is 58.6 Å². The number of aryl methyl sites for hydroxylation is 1. The number of amides is 1. The lowest BCUT2D eigenvalue weighted by atomic mass is 10.1. The Labute approximate surface area is 175 Å². The molecule has 3 rings (SSSR count). The van der Waals surface area contributed by atoms with Gasteiger partial charge in [0.15, 0.2) is 6.61 Å². The maximum Gasteiger partial charge on any atom is 0.258 e. The molecule has 2 aromatic carbocycles. The van der Waals surface area contributed by atoms with Gasteiger partial charge in [-0.25, -0.2) is 8.42 Å². The molecule has 9 heteroatoms. The Morgan fingerprint density at radius 2 is 1.86 bits per heavy atom. The summed E-state index contributed by atoms with van der Waals surface area (Å²) in [7, 11) is -3.81. The number of hydrogen-bond acceptors (Lipinski definition) is 5. The Morgan fingerprint density at radius 1 is 1.17 bits per heavy atom. The molecule has 0 saturated carbocycles. The van der Waals surface area contributed by atoms with Gasteiger partial charge in [-0.05, 0) is 30.7 Å². The zero-order chi connectivity index (χ0) is 20.9. The largest absolute Gasteiger partial charge is 0.482 e. The smallest absolute Gasteiger partial charge is 0.258 e. The van der Waals surface area contributed by atoms with Crippen LogP contribution < -0.4 is 10.1 Å². The van der Waals surface area contributed by atoms with Crippen LogP contribution in [-0.2, 0) is 26.1 Å². The maximum atomic E-state index is 13.0. The van der Waals surface area contributed by atoms with Crippen LogP contribution in [0.1, 0.15) is 11.1 Å². The molecule has 1 N–H and O–H groups in total. The first-order valence-corrected chi connectivity index (χ1v) is 11.0. The lowest BCUT2D eigenvalue weighted by molar-refractivity contribution is -0.123. The molecule has 1 saturated heterocycles. The van der Waals surface area contributed by atoms with Gasteiger partial charge in [0.2, 0.25) is 10.0 Å². The van der Waals surface area contributed by atoms with Crippen molar-refractivity contribution >= 4 is 27.5 Å².